The molecule has 0 saturated heterocycles. The Hall–Kier alpha value is -0.600. The van der Waals surface area contributed by atoms with Gasteiger partial charge in [-0.25, -0.2) is 0 Å². The standard InChI is InChI=1S/C9H16O2/c1-5-8(2)6-9(3)11-7-10-4/h5-6,9H,1,7H2,2-4H3/b8-6+. The summed E-state index contributed by atoms with van der Waals surface area (Å²) in [6.07, 6.45) is 3.88. The zero-order valence-electron chi connectivity index (χ0n) is 7.46. The van der Waals surface area contributed by atoms with Crippen molar-refractivity contribution in [2.24, 2.45) is 0 Å². The van der Waals surface area contributed by atoms with Crippen molar-refractivity contribution in [1.82, 2.24) is 0 Å². The van der Waals surface area contributed by atoms with E-state index in [9.17, 15) is 0 Å². The number of hydrogen-bond donors (Lipinski definition) is 0. The lowest BCUT2D eigenvalue weighted by Crippen LogP contribution is -2.07. The Labute approximate surface area is 68.5 Å². The van der Waals surface area contributed by atoms with Crippen molar-refractivity contribution < 1.29 is 9.47 Å². The summed E-state index contributed by atoms with van der Waals surface area (Å²) in [5.74, 6) is 0. The smallest absolute Gasteiger partial charge is 0.147 e. The largest absolute Gasteiger partial charge is 0.359 e. The van der Waals surface area contributed by atoms with Crippen molar-refractivity contribution in [3.63, 3.8) is 0 Å². The molecule has 0 radical (unpaired) electrons. The van der Waals surface area contributed by atoms with E-state index in [0.29, 0.717) is 6.79 Å². The number of ether oxygens (including phenoxy) is 2. The van der Waals surface area contributed by atoms with E-state index in [1.807, 2.05) is 19.9 Å². The average molecular weight is 156 g/mol. The van der Waals surface area contributed by atoms with Gasteiger partial charge in [0.05, 0.1) is 6.10 Å². The highest BCUT2D eigenvalue weighted by Gasteiger charge is 1.95. The molecule has 0 aliphatic rings. The second kappa shape index (κ2) is 6.13. The lowest BCUT2D eigenvalue weighted by atomic mass is 10.2. The summed E-state index contributed by atoms with van der Waals surface area (Å²) in [6.45, 7) is 7.92. The average Bonchev–Trinajstić information content (AvgIpc) is 2.00. The predicted molar refractivity (Wildman–Crippen MR) is 46.4 cm³/mol. The lowest BCUT2D eigenvalue weighted by molar-refractivity contribution is -0.0496. The first-order valence-corrected chi connectivity index (χ1v) is 3.62. The molecule has 0 fully saturated rings. The van der Waals surface area contributed by atoms with Gasteiger partial charge in [0.25, 0.3) is 0 Å². The van der Waals surface area contributed by atoms with Crippen LogP contribution in [-0.4, -0.2) is 20.0 Å². The van der Waals surface area contributed by atoms with Crippen LogP contribution in [0.15, 0.2) is 24.3 Å². The van der Waals surface area contributed by atoms with Crippen molar-refractivity contribution in [3.8, 4) is 0 Å². The molecule has 0 aromatic heterocycles. The van der Waals surface area contributed by atoms with Crippen LogP contribution in [0.3, 0.4) is 0 Å². The molecule has 2 heteroatoms. The first-order valence-electron chi connectivity index (χ1n) is 3.62. The minimum atomic E-state index is 0.0907. The molecule has 0 saturated carbocycles. The molecule has 0 aliphatic heterocycles. The Morgan fingerprint density at radius 1 is 1.64 bits per heavy atom. The summed E-state index contributed by atoms with van der Waals surface area (Å²) in [7, 11) is 1.61. The summed E-state index contributed by atoms with van der Waals surface area (Å²) in [6, 6.07) is 0. The van der Waals surface area contributed by atoms with Crippen molar-refractivity contribution in [2.75, 3.05) is 13.9 Å². The highest BCUT2D eigenvalue weighted by Crippen LogP contribution is 1.99. The molecule has 0 spiro atoms. The van der Waals surface area contributed by atoms with Gasteiger partial charge in [-0.15, -0.1) is 0 Å². The second-order valence-electron chi connectivity index (χ2n) is 2.39. The molecule has 1 atom stereocenters. The van der Waals surface area contributed by atoms with Crippen LogP contribution in [-0.2, 0) is 9.47 Å². The summed E-state index contributed by atoms with van der Waals surface area (Å²) in [4.78, 5) is 0. The molecule has 0 amide bonds. The summed E-state index contributed by atoms with van der Waals surface area (Å²) in [5, 5.41) is 0. The normalized spacial score (nSPS) is 14.6. The van der Waals surface area contributed by atoms with E-state index in [2.05, 4.69) is 6.58 Å². The summed E-state index contributed by atoms with van der Waals surface area (Å²) in [5.41, 5.74) is 1.12. The van der Waals surface area contributed by atoms with Crippen molar-refractivity contribution in [2.45, 2.75) is 20.0 Å². The maximum Gasteiger partial charge on any atom is 0.147 e. The molecule has 0 aromatic rings. The molecule has 2 nitrogen and oxygen atoms in total. The first-order chi connectivity index (χ1) is 5.20. The highest BCUT2D eigenvalue weighted by molar-refractivity contribution is 5.14. The maximum absolute atomic E-state index is 5.22. The molecular weight excluding hydrogens is 140 g/mol. The number of allylic oxidation sites excluding steroid dienone is 2. The minimum absolute atomic E-state index is 0.0907. The first kappa shape index (κ1) is 10.4. The van der Waals surface area contributed by atoms with Crippen molar-refractivity contribution >= 4 is 0 Å². The van der Waals surface area contributed by atoms with E-state index in [0.717, 1.165) is 5.57 Å². The van der Waals surface area contributed by atoms with Gasteiger partial charge < -0.3 is 9.47 Å². The third kappa shape index (κ3) is 5.83. The van der Waals surface area contributed by atoms with Gasteiger partial charge in [-0.05, 0) is 13.8 Å². The fourth-order valence-corrected chi connectivity index (χ4v) is 0.662. The Morgan fingerprint density at radius 2 is 2.27 bits per heavy atom. The van der Waals surface area contributed by atoms with Gasteiger partial charge in [-0.1, -0.05) is 24.3 Å². The van der Waals surface area contributed by atoms with Crippen molar-refractivity contribution in [3.05, 3.63) is 24.3 Å². The van der Waals surface area contributed by atoms with Crippen LogP contribution in [0.25, 0.3) is 0 Å². The van der Waals surface area contributed by atoms with Crippen LogP contribution in [0.1, 0.15) is 13.8 Å². The lowest BCUT2D eigenvalue weighted by Gasteiger charge is -2.07. The molecule has 64 valence electrons. The van der Waals surface area contributed by atoms with Gasteiger partial charge in [-0.2, -0.15) is 0 Å². The predicted octanol–water partition coefficient (Wildman–Crippen LogP) is 2.13. The van der Waals surface area contributed by atoms with Gasteiger partial charge in [0.1, 0.15) is 6.79 Å². The number of hydrogen-bond acceptors (Lipinski definition) is 2. The fraction of sp³-hybridized carbons (Fsp3) is 0.556. The van der Waals surface area contributed by atoms with E-state index in [-0.39, 0.29) is 6.10 Å². The third-order valence-electron chi connectivity index (χ3n) is 1.27. The highest BCUT2D eigenvalue weighted by atomic mass is 16.7. The van der Waals surface area contributed by atoms with E-state index >= 15 is 0 Å². The zero-order valence-corrected chi connectivity index (χ0v) is 7.46. The van der Waals surface area contributed by atoms with Crippen LogP contribution < -0.4 is 0 Å². The second-order valence-corrected chi connectivity index (χ2v) is 2.39. The fourth-order valence-electron chi connectivity index (χ4n) is 0.662. The van der Waals surface area contributed by atoms with Crippen LogP contribution >= 0.6 is 0 Å². The van der Waals surface area contributed by atoms with Gasteiger partial charge in [0.2, 0.25) is 0 Å². The van der Waals surface area contributed by atoms with Gasteiger partial charge >= 0.3 is 0 Å². The van der Waals surface area contributed by atoms with Gasteiger partial charge in [0, 0.05) is 7.11 Å². The Kier molecular flexibility index (Phi) is 5.80. The Balaban J connectivity index is 3.66. The van der Waals surface area contributed by atoms with E-state index < -0.39 is 0 Å². The minimum Gasteiger partial charge on any atom is -0.359 e. The molecule has 0 rings (SSSR count). The topological polar surface area (TPSA) is 18.5 Å². The van der Waals surface area contributed by atoms with Crippen LogP contribution in [0, 0.1) is 0 Å². The molecule has 0 aliphatic carbocycles. The third-order valence-corrected chi connectivity index (χ3v) is 1.27. The van der Waals surface area contributed by atoms with E-state index in [4.69, 9.17) is 9.47 Å². The molecule has 0 N–H and O–H groups in total. The van der Waals surface area contributed by atoms with Crippen LogP contribution in [0.2, 0.25) is 0 Å². The van der Waals surface area contributed by atoms with Gasteiger partial charge in [-0.3, -0.25) is 0 Å². The monoisotopic (exact) mass is 156 g/mol. The molecule has 0 aromatic carbocycles. The Morgan fingerprint density at radius 3 is 2.73 bits per heavy atom. The molecular formula is C9H16O2. The SMILES string of the molecule is C=C/C(C)=C/C(C)OCOC. The summed E-state index contributed by atoms with van der Waals surface area (Å²) >= 11 is 0. The zero-order chi connectivity index (χ0) is 8.69. The van der Waals surface area contributed by atoms with Crippen molar-refractivity contribution in [1.29, 1.82) is 0 Å². The van der Waals surface area contributed by atoms with E-state index in [1.54, 1.807) is 13.2 Å². The maximum atomic E-state index is 5.22. The van der Waals surface area contributed by atoms with Crippen LogP contribution in [0.5, 0.6) is 0 Å². The summed E-state index contributed by atoms with van der Waals surface area (Å²) < 4.78 is 9.97. The van der Waals surface area contributed by atoms with Gasteiger partial charge in [0.15, 0.2) is 0 Å². The molecule has 11 heavy (non-hydrogen) atoms. The molecule has 1 unspecified atom stereocenters. The van der Waals surface area contributed by atoms with Crippen LogP contribution in [0.4, 0.5) is 0 Å². The quantitative estimate of drug-likeness (QED) is 0.448. The number of rotatable bonds is 5. The molecule has 0 heterocycles. The number of methoxy groups -OCH3 is 1. The Bertz CT molecular complexity index is 138. The molecule has 0 bridgehead atoms. The van der Waals surface area contributed by atoms with E-state index in [1.165, 1.54) is 0 Å².